The molecule has 1 fully saturated rings. The molecule has 0 aliphatic heterocycles. The van der Waals surface area contributed by atoms with Crippen LogP contribution in [0, 0.1) is 5.92 Å². The van der Waals surface area contributed by atoms with Crippen LogP contribution in [0.2, 0.25) is 0 Å². The minimum atomic E-state index is -2.94. The topological polar surface area (TPSA) is 60.2 Å². The monoisotopic (exact) mass is 313 g/mol. The molecule has 0 amide bonds. The van der Waals surface area contributed by atoms with Crippen molar-refractivity contribution in [3.05, 3.63) is 29.8 Å². The van der Waals surface area contributed by atoms with Crippen LogP contribution in [-0.2, 0) is 9.84 Å². The third kappa shape index (κ3) is 3.77. The Morgan fingerprint density at radius 1 is 1.25 bits per heavy atom. The van der Waals surface area contributed by atoms with Crippen molar-refractivity contribution < 1.29 is 8.42 Å². The highest BCUT2D eigenvalue weighted by Gasteiger charge is 2.32. The first-order valence-corrected chi connectivity index (χ1v) is 10.2. The molecular weight excluding hydrogens is 290 g/mol. The summed E-state index contributed by atoms with van der Waals surface area (Å²) in [5.74, 6) is 0.267. The molecule has 1 aliphatic carbocycles. The van der Waals surface area contributed by atoms with Gasteiger partial charge < -0.3 is 5.73 Å². The predicted octanol–water partition coefficient (Wildman–Crippen LogP) is 3.01. The van der Waals surface area contributed by atoms with Crippen molar-refractivity contribution in [1.29, 1.82) is 0 Å². The molecule has 20 heavy (non-hydrogen) atoms. The number of hydrogen-bond donors (Lipinski definition) is 1. The molecule has 0 heterocycles. The summed E-state index contributed by atoms with van der Waals surface area (Å²) in [6.45, 7) is 0. The number of thioether (sulfide) groups is 1. The third-order valence-electron chi connectivity index (χ3n) is 4.28. The van der Waals surface area contributed by atoms with Crippen LogP contribution in [0.15, 0.2) is 29.2 Å². The first-order valence-electron chi connectivity index (χ1n) is 7.00. The summed E-state index contributed by atoms with van der Waals surface area (Å²) in [7, 11) is -2.94. The van der Waals surface area contributed by atoms with Crippen LogP contribution >= 0.6 is 11.8 Å². The van der Waals surface area contributed by atoms with Gasteiger partial charge >= 0.3 is 0 Å². The summed E-state index contributed by atoms with van der Waals surface area (Å²) < 4.78 is 23.5. The van der Waals surface area contributed by atoms with Crippen LogP contribution in [0.25, 0.3) is 0 Å². The molecule has 3 atom stereocenters. The van der Waals surface area contributed by atoms with Gasteiger partial charge in [0.1, 0.15) is 9.84 Å². The molecular formula is C15H23NO2S2. The minimum Gasteiger partial charge on any atom is -0.324 e. The lowest BCUT2D eigenvalue weighted by atomic mass is 9.81. The van der Waals surface area contributed by atoms with E-state index in [4.69, 9.17) is 5.73 Å². The Hall–Kier alpha value is -0.520. The fourth-order valence-electron chi connectivity index (χ4n) is 2.99. The van der Waals surface area contributed by atoms with E-state index in [9.17, 15) is 8.42 Å². The van der Waals surface area contributed by atoms with E-state index in [1.54, 1.807) is 11.8 Å². The van der Waals surface area contributed by atoms with Crippen molar-refractivity contribution >= 4 is 21.6 Å². The molecule has 1 saturated carbocycles. The second-order valence-corrected chi connectivity index (χ2v) is 8.88. The normalized spacial score (nSPS) is 25.4. The van der Waals surface area contributed by atoms with E-state index >= 15 is 0 Å². The van der Waals surface area contributed by atoms with E-state index in [0.29, 0.717) is 6.42 Å². The van der Waals surface area contributed by atoms with Crippen molar-refractivity contribution in [1.82, 2.24) is 0 Å². The molecule has 112 valence electrons. The Bertz CT molecular complexity index is 539. The van der Waals surface area contributed by atoms with Gasteiger partial charge in [0.05, 0.1) is 5.25 Å². The van der Waals surface area contributed by atoms with Gasteiger partial charge in [0, 0.05) is 17.2 Å². The van der Waals surface area contributed by atoms with Crippen LogP contribution in [0.1, 0.15) is 37.3 Å². The lowest BCUT2D eigenvalue weighted by Crippen LogP contribution is -2.32. The molecule has 1 aromatic carbocycles. The molecule has 2 N–H and O–H groups in total. The van der Waals surface area contributed by atoms with Gasteiger partial charge in [-0.3, -0.25) is 0 Å². The van der Waals surface area contributed by atoms with Crippen molar-refractivity contribution in [2.75, 3.05) is 12.5 Å². The maximum absolute atomic E-state index is 11.7. The molecule has 3 nitrogen and oxygen atoms in total. The van der Waals surface area contributed by atoms with Gasteiger partial charge in [-0.25, -0.2) is 8.42 Å². The zero-order chi connectivity index (χ0) is 14.8. The maximum Gasteiger partial charge on any atom is 0.150 e. The molecule has 3 unspecified atom stereocenters. The second-order valence-electron chi connectivity index (χ2n) is 5.68. The quantitative estimate of drug-likeness (QED) is 0.868. The fraction of sp³-hybridized carbons (Fsp3) is 0.600. The molecule has 0 aromatic heterocycles. The molecule has 2 rings (SSSR count). The third-order valence-corrected chi connectivity index (χ3v) is 6.66. The van der Waals surface area contributed by atoms with Crippen LogP contribution in [-0.4, -0.2) is 26.2 Å². The standard InChI is InChI=1S/C15H23NO2S2/c1-19-13-8-6-11(7-9-13)15(16)12-4-3-5-14(10-12)20(2,17)18/h6-9,12,14-15H,3-5,10,16H2,1-2H3. The number of hydrogen-bond acceptors (Lipinski definition) is 4. The average Bonchev–Trinajstić information content (AvgIpc) is 2.46. The van der Waals surface area contributed by atoms with Gasteiger partial charge in [-0.2, -0.15) is 0 Å². The van der Waals surface area contributed by atoms with Crippen molar-refractivity contribution in [2.24, 2.45) is 11.7 Å². The average molecular weight is 313 g/mol. The smallest absolute Gasteiger partial charge is 0.150 e. The Kier molecular flexibility index (Phi) is 5.15. The van der Waals surface area contributed by atoms with E-state index in [-0.39, 0.29) is 17.2 Å². The van der Waals surface area contributed by atoms with Gasteiger partial charge in [0.25, 0.3) is 0 Å². The Balaban J connectivity index is 2.09. The van der Waals surface area contributed by atoms with Crippen LogP contribution in [0.5, 0.6) is 0 Å². The first kappa shape index (κ1) is 15.9. The predicted molar refractivity (Wildman–Crippen MR) is 85.7 cm³/mol. The Labute approximate surface area is 126 Å². The molecule has 0 saturated heterocycles. The number of nitrogens with two attached hydrogens (primary N) is 1. The molecule has 0 bridgehead atoms. The first-order chi connectivity index (χ1) is 9.41. The van der Waals surface area contributed by atoms with E-state index in [2.05, 4.69) is 24.3 Å². The van der Waals surface area contributed by atoms with Crippen molar-refractivity contribution in [3.8, 4) is 0 Å². The largest absolute Gasteiger partial charge is 0.324 e. The highest BCUT2D eigenvalue weighted by atomic mass is 32.2. The van der Waals surface area contributed by atoms with E-state index < -0.39 is 9.84 Å². The van der Waals surface area contributed by atoms with Crippen molar-refractivity contribution in [2.45, 2.75) is 41.9 Å². The summed E-state index contributed by atoms with van der Waals surface area (Å²) in [6.07, 6.45) is 6.86. The lowest BCUT2D eigenvalue weighted by Gasteiger charge is -2.32. The van der Waals surface area contributed by atoms with E-state index in [1.807, 2.05) is 6.26 Å². The minimum absolute atomic E-state index is 0.0598. The summed E-state index contributed by atoms with van der Waals surface area (Å²) in [5, 5.41) is -0.210. The highest BCUT2D eigenvalue weighted by Crippen LogP contribution is 2.35. The van der Waals surface area contributed by atoms with Gasteiger partial charge in [-0.15, -0.1) is 11.8 Å². The zero-order valence-electron chi connectivity index (χ0n) is 12.1. The van der Waals surface area contributed by atoms with Gasteiger partial charge in [-0.05, 0) is 49.1 Å². The van der Waals surface area contributed by atoms with Gasteiger partial charge in [-0.1, -0.05) is 18.6 Å². The van der Waals surface area contributed by atoms with Crippen LogP contribution in [0.4, 0.5) is 0 Å². The SMILES string of the molecule is CSc1ccc(C(N)C2CCCC(S(C)(=O)=O)C2)cc1. The molecule has 5 heteroatoms. The number of sulfone groups is 1. The maximum atomic E-state index is 11.7. The summed E-state index contributed by atoms with van der Waals surface area (Å²) in [5.41, 5.74) is 7.48. The lowest BCUT2D eigenvalue weighted by molar-refractivity contribution is 0.309. The highest BCUT2D eigenvalue weighted by molar-refractivity contribution is 7.98. The zero-order valence-corrected chi connectivity index (χ0v) is 13.7. The molecule has 1 aromatic rings. The molecule has 0 spiro atoms. The molecule has 0 radical (unpaired) electrons. The van der Waals surface area contributed by atoms with Crippen LogP contribution in [0.3, 0.4) is 0 Å². The fourth-order valence-corrected chi connectivity index (χ4v) is 4.59. The van der Waals surface area contributed by atoms with E-state index in [0.717, 1.165) is 24.8 Å². The van der Waals surface area contributed by atoms with E-state index in [1.165, 1.54) is 11.2 Å². The van der Waals surface area contributed by atoms with Crippen molar-refractivity contribution in [3.63, 3.8) is 0 Å². The number of benzene rings is 1. The van der Waals surface area contributed by atoms with Crippen LogP contribution < -0.4 is 5.73 Å². The second kappa shape index (κ2) is 6.50. The summed E-state index contributed by atoms with van der Waals surface area (Å²) >= 11 is 1.71. The Morgan fingerprint density at radius 2 is 1.90 bits per heavy atom. The summed E-state index contributed by atoms with van der Waals surface area (Å²) in [6, 6.07) is 8.24. The molecule has 1 aliphatic rings. The van der Waals surface area contributed by atoms with Gasteiger partial charge in [0.15, 0.2) is 0 Å². The summed E-state index contributed by atoms with van der Waals surface area (Å²) in [4.78, 5) is 1.22. The number of rotatable bonds is 4. The Morgan fingerprint density at radius 3 is 2.45 bits per heavy atom. The van der Waals surface area contributed by atoms with Gasteiger partial charge in [0.2, 0.25) is 0 Å².